The van der Waals surface area contributed by atoms with Gasteiger partial charge in [-0.1, -0.05) is 52.2 Å². The van der Waals surface area contributed by atoms with E-state index in [0.717, 1.165) is 21.3 Å². The normalized spacial score (nSPS) is 11.0. The highest BCUT2D eigenvalue weighted by atomic mass is 35.5. The third-order valence-corrected chi connectivity index (χ3v) is 6.13. The van der Waals surface area contributed by atoms with Gasteiger partial charge in [0.1, 0.15) is 0 Å². The van der Waals surface area contributed by atoms with Crippen molar-refractivity contribution in [1.29, 1.82) is 0 Å². The Hall–Kier alpha value is -2.18. The number of anilines is 1. The third-order valence-electron chi connectivity index (χ3n) is 4.34. The van der Waals surface area contributed by atoms with Crippen molar-refractivity contribution in [1.82, 2.24) is 9.97 Å². The van der Waals surface area contributed by atoms with Crippen molar-refractivity contribution in [2.24, 2.45) is 0 Å². The predicted molar refractivity (Wildman–Crippen MR) is 121 cm³/mol. The molecule has 29 heavy (non-hydrogen) atoms. The maximum Gasteiger partial charge on any atom is 0.261 e. The summed E-state index contributed by atoms with van der Waals surface area (Å²) in [6, 6.07) is 12.3. The summed E-state index contributed by atoms with van der Waals surface area (Å²) in [5.41, 5.74) is 3.00. The highest BCUT2D eigenvalue weighted by molar-refractivity contribution is 7.22. The van der Waals surface area contributed by atoms with Gasteiger partial charge in [0.15, 0.2) is 5.13 Å². The van der Waals surface area contributed by atoms with Crippen LogP contribution in [0.1, 0.15) is 21.5 Å². The fourth-order valence-electron chi connectivity index (χ4n) is 2.97. The largest absolute Gasteiger partial charge is 0.279 e. The van der Waals surface area contributed by atoms with Gasteiger partial charge in [0.2, 0.25) is 0 Å². The van der Waals surface area contributed by atoms with Gasteiger partial charge in [-0.2, -0.15) is 0 Å². The topological polar surface area (TPSA) is 46.1 Å². The quantitative estimate of drug-likeness (QED) is 0.335. The van der Waals surface area contributed by atoms with E-state index in [1.165, 1.54) is 11.3 Å². The van der Waals surface area contributed by atoms with Gasteiger partial charge < -0.3 is 0 Å². The SMILES string of the molecule is Cc1cc(Cl)cc2sc(N(Cc3cccnc3)C(=O)c3ccc(Cl)cc3Cl)nc12. The molecular formula is C21H14Cl3N3OS. The van der Waals surface area contributed by atoms with E-state index in [-0.39, 0.29) is 5.91 Å². The van der Waals surface area contributed by atoms with E-state index in [4.69, 9.17) is 39.8 Å². The van der Waals surface area contributed by atoms with Crippen molar-refractivity contribution in [3.63, 3.8) is 0 Å². The van der Waals surface area contributed by atoms with E-state index in [1.807, 2.05) is 31.2 Å². The van der Waals surface area contributed by atoms with Crippen molar-refractivity contribution in [2.75, 3.05) is 4.90 Å². The van der Waals surface area contributed by atoms with Crippen molar-refractivity contribution in [2.45, 2.75) is 13.5 Å². The lowest BCUT2D eigenvalue weighted by molar-refractivity contribution is 0.0985. The Morgan fingerprint density at radius 3 is 2.66 bits per heavy atom. The molecule has 4 aromatic rings. The molecule has 146 valence electrons. The molecule has 1 amide bonds. The van der Waals surface area contributed by atoms with Gasteiger partial charge >= 0.3 is 0 Å². The highest BCUT2D eigenvalue weighted by Gasteiger charge is 2.24. The van der Waals surface area contributed by atoms with Crippen LogP contribution in [0.4, 0.5) is 5.13 Å². The molecule has 4 rings (SSSR count). The third kappa shape index (κ3) is 4.23. The maximum atomic E-state index is 13.4. The Balaban J connectivity index is 1.82. The summed E-state index contributed by atoms with van der Waals surface area (Å²) < 4.78 is 0.913. The summed E-state index contributed by atoms with van der Waals surface area (Å²) in [5, 5.41) is 1.95. The Bertz CT molecular complexity index is 1210. The van der Waals surface area contributed by atoms with Crippen LogP contribution in [0.2, 0.25) is 15.1 Å². The molecule has 0 aliphatic carbocycles. The molecule has 2 heterocycles. The summed E-state index contributed by atoms with van der Waals surface area (Å²) in [4.78, 5) is 23.9. The average Bonchev–Trinajstić information content (AvgIpc) is 3.10. The highest BCUT2D eigenvalue weighted by Crippen LogP contribution is 2.35. The summed E-state index contributed by atoms with van der Waals surface area (Å²) >= 11 is 19.9. The Kier molecular flexibility index (Phi) is 5.74. The number of thiazole rings is 1. The monoisotopic (exact) mass is 461 g/mol. The van der Waals surface area contributed by atoms with Crippen LogP contribution in [0.5, 0.6) is 0 Å². The molecule has 2 aromatic heterocycles. The van der Waals surface area contributed by atoms with E-state index in [0.29, 0.717) is 32.3 Å². The molecular weight excluding hydrogens is 449 g/mol. The van der Waals surface area contributed by atoms with Crippen molar-refractivity contribution in [3.8, 4) is 0 Å². The fraction of sp³-hybridized carbons (Fsp3) is 0.0952. The lowest BCUT2D eigenvalue weighted by Crippen LogP contribution is -2.30. The predicted octanol–water partition coefficient (Wildman–Crippen LogP) is 6.81. The van der Waals surface area contributed by atoms with Crippen LogP contribution in [-0.4, -0.2) is 15.9 Å². The van der Waals surface area contributed by atoms with E-state index >= 15 is 0 Å². The fourth-order valence-corrected chi connectivity index (χ4v) is 4.87. The number of hydrogen-bond donors (Lipinski definition) is 0. The number of nitrogens with zero attached hydrogens (tertiary/aromatic N) is 3. The molecule has 0 fully saturated rings. The molecule has 0 aliphatic heterocycles. The average molecular weight is 463 g/mol. The number of rotatable bonds is 4. The molecule has 0 radical (unpaired) electrons. The molecule has 0 saturated carbocycles. The van der Waals surface area contributed by atoms with Crippen LogP contribution < -0.4 is 4.90 Å². The van der Waals surface area contributed by atoms with Gasteiger partial charge in [0.05, 0.1) is 27.3 Å². The van der Waals surface area contributed by atoms with Crippen LogP contribution >= 0.6 is 46.1 Å². The summed E-state index contributed by atoms with van der Waals surface area (Å²) in [5.74, 6) is -0.265. The van der Waals surface area contributed by atoms with Crippen LogP contribution in [0.15, 0.2) is 54.9 Å². The number of aromatic nitrogens is 2. The van der Waals surface area contributed by atoms with Crippen LogP contribution in [0.25, 0.3) is 10.2 Å². The number of halogens is 3. The first-order chi connectivity index (χ1) is 13.9. The Morgan fingerprint density at radius 1 is 1.10 bits per heavy atom. The molecule has 0 saturated heterocycles. The number of amides is 1. The minimum Gasteiger partial charge on any atom is -0.279 e. The number of hydrogen-bond acceptors (Lipinski definition) is 4. The van der Waals surface area contributed by atoms with E-state index in [2.05, 4.69) is 4.98 Å². The van der Waals surface area contributed by atoms with Crippen molar-refractivity contribution in [3.05, 3.63) is 86.6 Å². The molecule has 0 unspecified atom stereocenters. The number of benzene rings is 2. The second kappa shape index (κ2) is 8.28. The van der Waals surface area contributed by atoms with E-state index < -0.39 is 0 Å². The van der Waals surface area contributed by atoms with Crippen molar-refractivity contribution >= 4 is 67.4 Å². The second-order valence-electron chi connectivity index (χ2n) is 6.44. The van der Waals surface area contributed by atoms with Gasteiger partial charge in [-0.3, -0.25) is 14.7 Å². The number of carbonyl (C=O) groups is 1. The molecule has 8 heteroatoms. The lowest BCUT2D eigenvalue weighted by Gasteiger charge is -2.20. The Morgan fingerprint density at radius 2 is 1.93 bits per heavy atom. The second-order valence-corrected chi connectivity index (χ2v) is 8.73. The van der Waals surface area contributed by atoms with Crippen molar-refractivity contribution < 1.29 is 4.79 Å². The van der Waals surface area contributed by atoms with Crippen LogP contribution in [0.3, 0.4) is 0 Å². The first-order valence-corrected chi connectivity index (χ1v) is 10.6. The minimum atomic E-state index is -0.265. The summed E-state index contributed by atoms with van der Waals surface area (Å²) in [6.07, 6.45) is 3.41. The zero-order valence-electron chi connectivity index (χ0n) is 15.2. The first kappa shape index (κ1) is 20.1. The molecule has 0 atom stereocenters. The number of fused-ring (bicyclic) bond motifs is 1. The van der Waals surface area contributed by atoms with Gasteiger partial charge in [0.25, 0.3) is 5.91 Å². The van der Waals surface area contributed by atoms with Gasteiger partial charge in [-0.15, -0.1) is 0 Å². The van der Waals surface area contributed by atoms with Gasteiger partial charge in [-0.05, 0) is 54.4 Å². The summed E-state index contributed by atoms with van der Waals surface area (Å²) in [6.45, 7) is 2.25. The number of aryl methyl sites for hydroxylation is 1. The minimum absolute atomic E-state index is 0.265. The molecule has 0 aliphatic rings. The molecule has 0 spiro atoms. The molecule has 4 nitrogen and oxygen atoms in total. The van der Waals surface area contributed by atoms with E-state index in [1.54, 1.807) is 35.5 Å². The molecule has 0 N–H and O–H groups in total. The maximum absolute atomic E-state index is 13.4. The molecule has 0 bridgehead atoms. The Labute approximate surface area is 186 Å². The smallest absolute Gasteiger partial charge is 0.261 e. The molecule has 2 aromatic carbocycles. The zero-order chi connectivity index (χ0) is 20.5. The zero-order valence-corrected chi connectivity index (χ0v) is 18.3. The standard InChI is InChI=1S/C21H14Cl3N3OS/c1-12-7-15(23)9-18-19(12)26-21(29-18)27(11-13-3-2-6-25-10-13)20(28)16-5-4-14(22)8-17(16)24/h2-10H,11H2,1H3. The van der Waals surface area contributed by atoms with Gasteiger partial charge in [-0.25, -0.2) is 4.98 Å². The number of pyridine rings is 1. The first-order valence-electron chi connectivity index (χ1n) is 8.65. The van der Waals surface area contributed by atoms with Gasteiger partial charge in [0, 0.05) is 22.4 Å². The number of carbonyl (C=O) groups excluding carboxylic acids is 1. The summed E-state index contributed by atoms with van der Waals surface area (Å²) in [7, 11) is 0. The van der Waals surface area contributed by atoms with E-state index in [9.17, 15) is 4.79 Å². The lowest BCUT2D eigenvalue weighted by atomic mass is 10.2. The van der Waals surface area contributed by atoms with Crippen LogP contribution in [-0.2, 0) is 6.54 Å². The van der Waals surface area contributed by atoms with Crippen LogP contribution in [0, 0.1) is 6.92 Å².